The lowest BCUT2D eigenvalue weighted by molar-refractivity contribution is -0.0465. The molecule has 1 aliphatic heterocycles. The Morgan fingerprint density at radius 3 is 2.65 bits per heavy atom. The Hall–Kier alpha value is -3.06. The summed E-state index contributed by atoms with van der Waals surface area (Å²) in [6.45, 7) is 0.0690. The third kappa shape index (κ3) is 4.37. The van der Waals surface area contributed by atoms with Crippen molar-refractivity contribution >= 4 is 37.8 Å². The van der Waals surface area contributed by atoms with Crippen molar-refractivity contribution in [3.05, 3.63) is 72.6 Å². The number of aromatic nitrogens is 2. The lowest BCUT2D eigenvalue weighted by Crippen LogP contribution is -2.35. The van der Waals surface area contributed by atoms with Crippen molar-refractivity contribution < 1.29 is 27.6 Å². The summed E-state index contributed by atoms with van der Waals surface area (Å²) in [4.78, 5) is 4.49. The lowest BCUT2D eigenvalue weighted by atomic mass is 10.0. The molecule has 0 saturated carbocycles. The Bertz CT molecular complexity index is 1430. The molecule has 11 heteroatoms. The Balaban J connectivity index is 1.38. The smallest absolute Gasteiger partial charge is 0.333 e. The molecule has 178 valence electrons. The number of hydrogen-bond donors (Lipinski definition) is 4. The van der Waals surface area contributed by atoms with E-state index in [2.05, 4.69) is 38.7 Å². The summed E-state index contributed by atoms with van der Waals surface area (Å²) < 4.78 is 34.0. The standard InChI is InChI=1S/C23H24N4O6S/c24-34(30,31)32-12-19-21(28)22(29)23(33-19)27-13-26-20-17(9-4-10-18(20)27)25-11-15-7-3-6-14-5-1-2-8-16(14)15/h1-10,13,19,21-23,25,28-29H,11-12H2,(H2,24,30,31)/t19-,21-,22-,23-/m1/s1. The zero-order chi connectivity index (χ0) is 23.9. The third-order valence-corrected chi connectivity index (χ3v) is 6.43. The van der Waals surface area contributed by atoms with Crippen molar-refractivity contribution in [3.63, 3.8) is 0 Å². The first kappa shape index (κ1) is 22.7. The molecule has 2 heterocycles. The Labute approximate surface area is 195 Å². The van der Waals surface area contributed by atoms with Crippen LogP contribution >= 0.6 is 0 Å². The van der Waals surface area contributed by atoms with Crippen LogP contribution in [-0.2, 0) is 25.8 Å². The minimum absolute atomic E-state index is 0.516. The van der Waals surface area contributed by atoms with Crippen LogP contribution in [0.4, 0.5) is 5.69 Å². The van der Waals surface area contributed by atoms with Gasteiger partial charge in [-0.2, -0.15) is 8.42 Å². The predicted octanol–water partition coefficient (Wildman–Crippen LogP) is 1.64. The molecule has 34 heavy (non-hydrogen) atoms. The molecule has 0 spiro atoms. The highest BCUT2D eigenvalue weighted by Crippen LogP contribution is 2.34. The Morgan fingerprint density at radius 2 is 1.82 bits per heavy atom. The first-order valence-corrected chi connectivity index (χ1v) is 12.1. The van der Waals surface area contributed by atoms with E-state index in [-0.39, 0.29) is 0 Å². The maximum Gasteiger partial charge on any atom is 0.333 e. The van der Waals surface area contributed by atoms with Crippen molar-refractivity contribution in [1.82, 2.24) is 9.55 Å². The summed E-state index contributed by atoms with van der Waals surface area (Å²) in [6.07, 6.45) is -3.24. The molecule has 0 amide bonds. The number of aliphatic hydroxyl groups excluding tert-OH is 2. The van der Waals surface area contributed by atoms with Crippen LogP contribution in [0.15, 0.2) is 67.0 Å². The average Bonchev–Trinajstić information content (AvgIpc) is 3.37. The van der Waals surface area contributed by atoms with Gasteiger partial charge in [0.2, 0.25) is 0 Å². The molecule has 1 fully saturated rings. The summed E-state index contributed by atoms with van der Waals surface area (Å²) in [7, 11) is -4.21. The lowest BCUT2D eigenvalue weighted by Gasteiger charge is -2.17. The van der Waals surface area contributed by atoms with E-state index in [9.17, 15) is 18.6 Å². The number of para-hydroxylation sites is 1. The van der Waals surface area contributed by atoms with Gasteiger partial charge in [0.1, 0.15) is 23.8 Å². The SMILES string of the molecule is NS(=O)(=O)OC[C@H]1O[C@@H](n2cnc3c(NCc4cccc5ccccc45)cccc32)[C@H](O)[C@@H]1O. The number of ether oxygens (including phenoxy) is 1. The van der Waals surface area contributed by atoms with Crippen LogP contribution in [0, 0.1) is 0 Å². The van der Waals surface area contributed by atoms with E-state index in [1.165, 1.54) is 11.7 Å². The van der Waals surface area contributed by atoms with Crippen molar-refractivity contribution in [3.8, 4) is 0 Å². The highest BCUT2D eigenvalue weighted by atomic mass is 32.2. The van der Waals surface area contributed by atoms with E-state index in [1.807, 2.05) is 36.4 Å². The molecule has 4 atom stereocenters. The zero-order valence-corrected chi connectivity index (χ0v) is 18.8. The van der Waals surface area contributed by atoms with Gasteiger partial charge in [0.25, 0.3) is 0 Å². The fraction of sp³-hybridized carbons (Fsp3) is 0.261. The summed E-state index contributed by atoms with van der Waals surface area (Å²) in [5, 5.41) is 31.5. The molecule has 0 aliphatic carbocycles. The monoisotopic (exact) mass is 484 g/mol. The molecule has 4 aromatic rings. The normalized spacial score (nSPS) is 23.0. The molecule has 5 N–H and O–H groups in total. The summed E-state index contributed by atoms with van der Waals surface area (Å²) in [5.41, 5.74) is 3.28. The van der Waals surface area contributed by atoms with Crippen LogP contribution in [0.25, 0.3) is 21.8 Å². The van der Waals surface area contributed by atoms with Crippen molar-refractivity contribution in [1.29, 1.82) is 0 Å². The number of benzene rings is 3. The van der Waals surface area contributed by atoms with Crippen LogP contribution in [-0.4, -0.2) is 53.1 Å². The number of nitrogens with one attached hydrogen (secondary N) is 1. The van der Waals surface area contributed by atoms with Crippen molar-refractivity contribution in [2.24, 2.45) is 5.14 Å². The molecule has 0 bridgehead atoms. The van der Waals surface area contributed by atoms with Gasteiger partial charge >= 0.3 is 10.3 Å². The fourth-order valence-electron chi connectivity index (χ4n) is 4.30. The topological polar surface area (TPSA) is 149 Å². The van der Waals surface area contributed by atoms with Crippen LogP contribution < -0.4 is 10.5 Å². The van der Waals surface area contributed by atoms with Gasteiger partial charge in [0, 0.05) is 6.54 Å². The van der Waals surface area contributed by atoms with Gasteiger partial charge in [-0.1, -0.05) is 48.5 Å². The van der Waals surface area contributed by atoms with Crippen molar-refractivity contribution in [2.45, 2.75) is 31.1 Å². The number of anilines is 1. The van der Waals surface area contributed by atoms with E-state index < -0.39 is 41.5 Å². The van der Waals surface area contributed by atoms with E-state index in [1.54, 1.807) is 4.57 Å². The zero-order valence-electron chi connectivity index (χ0n) is 18.0. The average molecular weight is 485 g/mol. The van der Waals surface area contributed by atoms with Crippen LogP contribution in [0.3, 0.4) is 0 Å². The molecule has 1 aromatic heterocycles. The second-order valence-electron chi connectivity index (χ2n) is 8.14. The van der Waals surface area contributed by atoms with Gasteiger partial charge in [-0.3, -0.25) is 4.18 Å². The largest absolute Gasteiger partial charge is 0.387 e. The van der Waals surface area contributed by atoms with E-state index >= 15 is 0 Å². The van der Waals surface area contributed by atoms with Gasteiger partial charge in [-0.05, 0) is 28.5 Å². The number of aliphatic hydroxyl groups is 2. The molecule has 3 aromatic carbocycles. The van der Waals surface area contributed by atoms with Crippen LogP contribution in [0.2, 0.25) is 0 Å². The maximum absolute atomic E-state index is 11.1. The number of hydrogen-bond acceptors (Lipinski definition) is 8. The fourth-order valence-corrected chi connectivity index (χ4v) is 4.62. The summed E-state index contributed by atoms with van der Waals surface area (Å²) in [5.74, 6) is 0. The number of nitrogens with zero attached hydrogens (tertiary/aromatic N) is 2. The minimum Gasteiger partial charge on any atom is -0.387 e. The second-order valence-corrected chi connectivity index (χ2v) is 9.36. The van der Waals surface area contributed by atoms with Gasteiger partial charge in [0.05, 0.1) is 24.1 Å². The number of rotatable bonds is 7. The molecule has 0 radical (unpaired) electrons. The van der Waals surface area contributed by atoms with Crippen LogP contribution in [0.1, 0.15) is 11.8 Å². The third-order valence-electron chi connectivity index (χ3n) is 5.96. The Kier molecular flexibility index (Phi) is 5.98. The maximum atomic E-state index is 11.1. The molecular weight excluding hydrogens is 460 g/mol. The van der Waals surface area contributed by atoms with E-state index in [0.29, 0.717) is 17.6 Å². The molecular formula is C23H24N4O6S. The molecule has 1 saturated heterocycles. The van der Waals surface area contributed by atoms with E-state index in [4.69, 9.17) is 9.88 Å². The number of nitrogens with two attached hydrogens (primary N) is 1. The molecule has 0 unspecified atom stereocenters. The highest BCUT2D eigenvalue weighted by Gasteiger charge is 2.44. The first-order chi connectivity index (χ1) is 16.3. The van der Waals surface area contributed by atoms with Gasteiger partial charge in [0.15, 0.2) is 6.23 Å². The first-order valence-electron chi connectivity index (χ1n) is 10.7. The van der Waals surface area contributed by atoms with Gasteiger partial charge < -0.3 is 24.8 Å². The quantitative estimate of drug-likeness (QED) is 0.309. The molecule has 1 aliphatic rings. The van der Waals surface area contributed by atoms with E-state index in [0.717, 1.165) is 16.6 Å². The van der Waals surface area contributed by atoms with Gasteiger partial charge in [-0.15, -0.1) is 0 Å². The highest BCUT2D eigenvalue weighted by molar-refractivity contribution is 7.84. The van der Waals surface area contributed by atoms with Crippen LogP contribution in [0.5, 0.6) is 0 Å². The Morgan fingerprint density at radius 1 is 1.06 bits per heavy atom. The second kappa shape index (κ2) is 8.95. The summed E-state index contributed by atoms with van der Waals surface area (Å²) >= 11 is 0. The minimum atomic E-state index is -4.21. The summed E-state index contributed by atoms with van der Waals surface area (Å²) in [6, 6.07) is 19.9. The predicted molar refractivity (Wildman–Crippen MR) is 126 cm³/mol. The number of fused-ring (bicyclic) bond motifs is 2. The molecule has 10 nitrogen and oxygen atoms in total. The number of imidazole rings is 1. The van der Waals surface area contributed by atoms with Crippen molar-refractivity contribution in [2.75, 3.05) is 11.9 Å². The van der Waals surface area contributed by atoms with Gasteiger partial charge in [-0.25, -0.2) is 10.1 Å². The molecule has 5 rings (SSSR count).